The Balaban J connectivity index is 4.76. The van der Waals surface area contributed by atoms with Gasteiger partial charge in [0, 0.05) is 0 Å². The van der Waals surface area contributed by atoms with Gasteiger partial charge in [0.15, 0.2) is 0 Å². The molecular weight excluding hydrogens is 240 g/mol. The molecule has 0 radical (unpaired) electrons. The minimum Gasteiger partial charge on any atom is -0.0953 e. The predicted molar refractivity (Wildman–Crippen MR) is 94.1 cm³/mol. The maximum absolute atomic E-state index is 4.44. The number of unbranched alkanes of at least 4 members (excludes halogenated alkanes) is 1. The summed E-state index contributed by atoms with van der Waals surface area (Å²) in [7, 11) is 0. The van der Waals surface area contributed by atoms with Crippen LogP contribution in [0.3, 0.4) is 0 Å². The molecule has 0 unspecified atom stereocenters. The van der Waals surface area contributed by atoms with E-state index < -0.39 is 0 Å². The van der Waals surface area contributed by atoms with Gasteiger partial charge >= 0.3 is 0 Å². The van der Waals surface area contributed by atoms with E-state index in [9.17, 15) is 0 Å². The summed E-state index contributed by atoms with van der Waals surface area (Å²) < 4.78 is 0. The highest BCUT2D eigenvalue weighted by atomic mass is 14.2. The van der Waals surface area contributed by atoms with Gasteiger partial charge < -0.3 is 0 Å². The Morgan fingerprint density at radius 2 is 1.55 bits per heavy atom. The van der Waals surface area contributed by atoms with E-state index >= 15 is 0 Å². The normalized spacial score (nSPS) is 13.1. The minimum atomic E-state index is 0.681. The molecular formula is C20H36. The van der Waals surface area contributed by atoms with Crippen molar-refractivity contribution in [2.45, 2.75) is 86.0 Å². The molecule has 0 spiro atoms. The Kier molecular flexibility index (Phi) is 11.5. The summed E-state index contributed by atoms with van der Waals surface area (Å²) in [4.78, 5) is 0. The van der Waals surface area contributed by atoms with E-state index in [-0.39, 0.29) is 0 Å². The summed E-state index contributed by atoms with van der Waals surface area (Å²) in [5.41, 5.74) is 4.45. The monoisotopic (exact) mass is 276 g/mol. The van der Waals surface area contributed by atoms with Crippen molar-refractivity contribution >= 4 is 0 Å². The first-order valence-electron chi connectivity index (χ1n) is 8.62. The van der Waals surface area contributed by atoms with E-state index in [1.165, 1.54) is 56.1 Å². The fourth-order valence-electron chi connectivity index (χ4n) is 2.84. The summed E-state index contributed by atoms with van der Waals surface area (Å²) >= 11 is 0. The van der Waals surface area contributed by atoms with Crippen molar-refractivity contribution < 1.29 is 0 Å². The summed E-state index contributed by atoms with van der Waals surface area (Å²) in [5, 5.41) is 0. The first kappa shape index (κ1) is 19.2. The number of hydrogen-bond donors (Lipinski definition) is 0. The van der Waals surface area contributed by atoms with Crippen LogP contribution >= 0.6 is 0 Å². The maximum Gasteiger partial charge on any atom is -0.00679 e. The van der Waals surface area contributed by atoms with Crippen LogP contribution < -0.4 is 0 Å². The van der Waals surface area contributed by atoms with E-state index in [4.69, 9.17) is 0 Å². The van der Waals surface area contributed by atoms with Crippen LogP contribution in [0.15, 0.2) is 35.5 Å². The van der Waals surface area contributed by atoms with Crippen molar-refractivity contribution in [1.82, 2.24) is 0 Å². The lowest BCUT2D eigenvalue weighted by atomic mass is 9.84. The van der Waals surface area contributed by atoms with Crippen LogP contribution in [-0.4, -0.2) is 0 Å². The SMILES string of the molecule is C=C(/C(=C/C)C/C(=C\C)CCCC)C(CCC)CCC. The second kappa shape index (κ2) is 12.0. The Bertz CT molecular complexity index is 311. The van der Waals surface area contributed by atoms with Crippen molar-refractivity contribution in [2.24, 2.45) is 5.92 Å². The van der Waals surface area contributed by atoms with E-state index in [0.717, 1.165) is 6.42 Å². The lowest BCUT2D eigenvalue weighted by Crippen LogP contribution is -2.06. The van der Waals surface area contributed by atoms with Gasteiger partial charge in [0.25, 0.3) is 0 Å². The lowest BCUT2D eigenvalue weighted by molar-refractivity contribution is 0.507. The van der Waals surface area contributed by atoms with Crippen LogP contribution in [0.2, 0.25) is 0 Å². The van der Waals surface area contributed by atoms with Crippen molar-refractivity contribution in [2.75, 3.05) is 0 Å². The average Bonchev–Trinajstić information content (AvgIpc) is 2.47. The van der Waals surface area contributed by atoms with Gasteiger partial charge in [-0.1, -0.05) is 64.3 Å². The first-order valence-corrected chi connectivity index (χ1v) is 8.62. The Labute approximate surface area is 128 Å². The molecule has 0 aromatic rings. The van der Waals surface area contributed by atoms with Gasteiger partial charge in [-0.05, 0) is 63.0 Å². The minimum absolute atomic E-state index is 0.681. The van der Waals surface area contributed by atoms with Gasteiger partial charge in [-0.2, -0.15) is 0 Å². The first-order chi connectivity index (χ1) is 9.64. The number of rotatable bonds is 11. The Morgan fingerprint density at radius 1 is 0.950 bits per heavy atom. The van der Waals surface area contributed by atoms with Gasteiger partial charge in [0.05, 0.1) is 0 Å². The van der Waals surface area contributed by atoms with Crippen molar-refractivity contribution in [3.8, 4) is 0 Å². The van der Waals surface area contributed by atoms with Gasteiger partial charge in [0.2, 0.25) is 0 Å². The van der Waals surface area contributed by atoms with Gasteiger partial charge in [0.1, 0.15) is 0 Å². The average molecular weight is 277 g/mol. The molecule has 0 aromatic carbocycles. The molecule has 0 saturated carbocycles. The van der Waals surface area contributed by atoms with Gasteiger partial charge in [-0.15, -0.1) is 0 Å². The van der Waals surface area contributed by atoms with Crippen LogP contribution in [-0.2, 0) is 0 Å². The molecule has 0 atom stereocenters. The molecule has 0 rings (SSSR count). The molecule has 0 nitrogen and oxygen atoms in total. The van der Waals surface area contributed by atoms with Crippen LogP contribution in [0, 0.1) is 5.92 Å². The quantitative estimate of drug-likeness (QED) is 0.276. The molecule has 0 N–H and O–H groups in total. The molecule has 0 aromatic heterocycles. The zero-order chi connectivity index (χ0) is 15.4. The highest BCUT2D eigenvalue weighted by Gasteiger charge is 2.15. The fraction of sp³-hybridized carbons (Fsp3) is 0.700. The molecule has 0 heterocycles. The second-order valence-electron chi connectivity index (χ2n) is 5.84. The van der Waals surface area contributed by atoms with Crippen LogP contribution in [0.4, 0.5) is 0 Å². The number of allylic oxidation sites excluding steroid dienone is 5. The third-order valence-electron chi connectivity index (χ3n) is 4.21. The topological polar surface area (TPSA) is 0 Å². The third kappa shape index (κ3) is 7.12. The van der Waals surface area contributed by atoms with E-state index in [1.54, 1.807) is 5.57 Å². The highest BCUT2D eigenvalue weighted by Crippen LogP contribution is 2.31. The van der Waals surface area contributed by atoms with Crippen molar-refractivity contribution in [3.63, 3.8) is 0 Å². The number of hydrogen-bond acceptors (Lipinski definition) is 0. The summed E-state index contributed by atoms with van der Waals surface area (Å²) in [6.45, 7) is 15.6. The smallest absolute Gasteiger partial charge is 0.00679 e. The van der Waals surface area contributed by atoms with Crippen LogP contribution in [0.25, 0.3) is 0 Å². The lowest BCUT2D eigenvalue weighted by Gasteiger charge is -2.22. The van der Waals surface area contributed by atoms with E-state index in [0.29, 0.717) is 5.92 Å². The van der Waals surface area contributed by atoms with E-state index in [2.05, 4.69) is 53.3 Å². The van der Waals surface area contributed by atoms with Gasteiger partial charge in [-0.25, -0.2) is 0 Å². The molecule has 0 heteroatoms. The predicted octanol–water partition coefficient (Wildman–Crippen LogP) is 7.23. The standard InChI is InChI=1S/C20H36/c1-7-12-15-18(10-4)16-19(11-5)17(6)20(13-8-2)14-9-3/h10-11,20H,6-9,12-16H2,1-5H3/b18-10-,19-11+. The zero-order valence-electron chi connectivity index (χ0n) is 14.6. The Hall–Kier alpha value is -0.780. The molecule has 0 aliphatic heterocycles. The molecule has 0 aliphatic carbocycles. The molecule has 0 bridgehead atoms. The maximum atomic E-state index is 4.44. The molecule has 0 saturated heterocycles. The molecule has 0 fully saturated rings. The summed E-state index contributed by atoms with van der Waals surface area (Å²) in [6, 6.07) is 0. The van der Waals surface area contributed by atoms with Crippen molar-refractivity contribution in [3.05, 3.63) is 35.5 Å². The van der Waals surface area contributed by atoms with Crippen molar-refractivity contribution in [1.29, 1.82) is 0 Å². The molecule has 116 valence electrons. The molecule has 0 aliphatic rings. The highest BCUT2D eigenvalue weighted by molar-refractivity contribution is 5.34. The second-order valence-corrected chi connectivity index (χ2v) is 5.84. The summed E-state index contributed by atoms with van der Waals surface area (Å²) in [5.74, 6) is 0.681. The molecule has 20 heavy (non-hydrogen) atoms. The van der Waals surface area contributed by atoms with Crippen LogP contribution in [0.1, 0.15) is 86.0 Å². The van der Waals surface area contributed by atoms with E-state index in [1.807, 2.05) is 0 Å². The zero-order valence-corrected chi connectivity index (χ0v) is 14.6. The Morgan fingerprint density at radius 3 is 1.95 bits per heavy atom. The van der Waals surface area contributed by atoms with Gasteiger partial charge in [-0.3, -0.25) is 0 Å². The molecule has 0 amide bonds. The third-order valence-corrected chi connectivity index (χ3v) is 4.21. The summed E-state index contributed by atoms with van der Waals surface area (Å²) in [6.07, 6.45) is 14.6. The van der Waals surface area contributed by atoms with Crippen LogP contribution in [0.5, 0.6) is 0 Å². The largest absolute Gasteiger partial charge is 0.0953 e. The fourth-order valence-corrected chi connectivity index (χ4v) is 2.84.